The zero-order chi connectivity index (χ0) is 13.0. The van der Waals surface area contributed by atoms with Gasteiger partial charge in [0.1, 0.15) is 5.82 Å². The Hall–Kier alpha value is -1.32. The van der Waals surface area contributed by atoms with Gasteiger partial charge in [-0.1, -0.05) is 29.5 Å². The third-order valence-corrected chi connectivity index (χ3v) is 3.60. The van der Waals surface area contributed by atoms with Crippen molar-refractivity contribution in [3.05, 3.63) is 59.4 Å². The zero-order valence-electron chi connectivity index (χ0n) is 10.3. The molecule has 0 aromatic heterocycles. The van der Waals surface area contributed by atoms with Crippen LogP contribution in [0.15, 0.2) is 52.3 Å². The van der Waals surface area contributed by atoms with Crippen LogP contribution in [0.1, 0.15) is 11.1 Å². The second-order valence-electron chi connectivity index (χ2n) is 4.25. The van der Waals surface area contributed by atoms with Crippen molar-refractivity contribution in [2.45, 2.75) is 23.1 Å². The summed E-state index contributed by atoms with van der Waals surface area (Å²) in [5.74, 6) is -0.199. The van der Waals surface area contributed by atoms with Gasteiger partial charge in [-0.25, -0.2) is 4.39 Å². The minimum atomic E-state index is -0.199. The highest BCUT2D eigenvalue weighted by Crippen LogP contribution is 2.29. The Labute approximate surface area is 111 Å². The van der Waals surface area contributed by atoms with Gasteiger partial charge in [0.15, 0.2) is 0 Å². The van der Waals surface area contributed by atoms with E-state index in [0.29, 0.717) is 13.0 Å². The highest BCUT2D eigenvalue weighted by atomic mass is 32.2. The largest absolute Gasteiger partial charge is 0.330 e. The molecule has 0 aliphatic rings. The maximum atomic E-state index is 13.5. The number of aryl methyl sites for hydroxylation is 1. The Balaban J connectivity index is 2.20. The molecule has 0 saturated carbocycles. The van der Waals surface area contributed by atoms with Crippen molar-refractivity contribution in [2.24, 2.45) is 5.73 Å². The van der Waals surface area contributed by atoms with E-state index in [2.05, 4.69) is 19.1 Å². The topological polar surface area (TPSA) is 26.0 Å². The molecule has 2 rings (SSSR count). The van der Waals surface area contributed by atoms with Crippen molar-refractivity contribution in [1.29, 1.82) is 0 Å². The van der Waals surface area contributed by atoms with E-state index in [0.717, 1.165) is 15.4 Å². The molecule has 0 aliphatic carbocycles. The quantitative estimate of drug-likeness (QED) is 0.906. The standard InChI is InChI=1S/C15H16FNS/c1-11-2-4-14(5-3-11)18-15-9-12(6-7-17)8-13(16)10-15/h2-5,8-10H,6-7,17H2,1H3. The van der Waals surface area contributed by atoms with Crippen molar-refractivity contribution in [3.63, 3.8) is 0 Å². The number of rotatable bonds is 4. The highest BCUT2D eigenvalue weighted by Gasteiger charge is 2.03. The lowest BCUT2D eigenvalue weighted by Gasteiger charge is -2.06. The number of halogens is 1. The van der Waals surface area contributed by atoms with E-state index in [1.807, 2.05) is 18.2 Å². The molecule has 0 radical (unpaired) electrons. The van der Waals surface area contributed by atoms with Gasteiger partial charge in [0.25, 0.3) is 0 Å². The molecule has 0 amide bonds. The van der Waals surface area contributed by atoms with Gasteiger partial charge in [-0.3, -0.25) is 0 Å². The van der Waals surface area contributed by atoms with Crippen LogP contribution in [0.3, 0.4) is 0 Å². The lowest BCUT2D eigenvalue weighted by molar-refractivity contribution is 0.621. The molecule has 2 aromatic carbocycles. The summed E-state index contributed by atoms with van der Waals surface area (Å²) in [6, 6.07) is 13.3. The Morgan fingerprint density at radius 3 is 2.44 bits per heavy atom. The molecule has 94 valence electrons. The summed E-state index contributed by atoms with van der Waals surface area (Å²) >= 11 is 1.57. The van der Waals surface area contributed by atoms with Crippen LogP contribution in [0.2, 0.25) is 0 Å². The summed E-state index contributed by atoms with van der Waals surface area (Å²) < 4.78 is 13.5. The molecule has 0 saturated heterocycles. The fourth-order valence-electron chi connectivity index (χ4n) is 1.73. The van der Waals surface area contributed by atoms with Gasteiger partial charge in [0.2, 0.25) is 0 Å². The minimum Gasteiger partial charge on any atom is -0.330 e. The van der Waals surface area contributed by atoms with Crippen LogP contribution in [0.25, 0.3) is 0 Å². The molecule has 2 aromatic rings. The molecule has 0 aliphatic heterocycles. The van der Waals surface area contributed by atoms with Crippen LogP contribution in [0, 0.1) is 12.7 Å². The van der Waals surface area contributed by atoms with Gasteiger partial charge >= 0.3 is 0 Å². The zero-order valence-corrected chi connectivity index (χ0v) is 11.1. The van der Waals surface area contributed by atoms with E-state index < -0.39 is 0 Å². The third-order valence-electron chi connectivity index (χ3n) is 2.62. The van der Waals surface area contributed by atoms with Gasteiger partial charge < -0.3 is 5.73 Å². The van der Waals surface area contributed by atoms with E-state index >= 15 is 0 Å². The van der Waals surface area contributed by atoms with Gasteiger partial charge in [-0.15, -0.1) is 0 Å². The SMILES string of the molecule is Cc1ccc(Sc2cc(F)cc(CCN)c2)cc1. The van der Waals surface area contributed by atoms with Gasteiger partial charge in [-0.05, 0) is 55.8 Å². The number of nitrogens with two attached hydrogens (primary N) is 1. The molecular formula is C15H16FNS. The fraction of sp³-hybridized carbons (Fsp3) is 0.200. The summed E-state index contributed by atoms with van der Waals surface area (Å²) in [6.45, 7) is 2.59. The number of benzene rings is 2. The van der Waals surface area contributed by atoms with E-state index in [1.54, 1.807) is 23.9 Å². The van der Waals surface area contributed by atoms with E-state index in [-0.39, 0.29) is 5.82 Å². The molecule has 0 heterocycles. The molecular weight excluding hydrogens is 245 g/mol. The first-order valence-corrected chi connectivity index (χ1v) is 6.73. The Morgan fingerprint density at radius 2 is 1.78 bits per heavy atom. The number of hydrogen-bond acceptors (Lipinski definition) is 2. The fourth-order valence-corrected chi connectivity index (χ4v) is 2.66. The maximum Gasteiger partial charge on any atom is 0.124 e. The normalized spacial score (nSPS) is 10.6. The lowest BCUT2D eigenvalue weighted by Crippen LogP contribution is -2.02. The molecule has 0 fully saturated rings. The Morgan fingerprint density at radius 1 is 1.06 bits per heavy atom. The Bertz CT molecular complexity index is 523. The van der Waals surface area contributed by atoms with Crippen LogP contribution in [0.5, 0.6) is 0 Å². The van der Waals surface area contributed by atoms with Gasteiger partial charge in [0, 0.05) is 9.79 Å². The molecule has 18 heavy (non-hydrogen) atoms. The van der Waals surface area contributed by atoms with E-state index in [1.165, 1.54) is 5.56 Å². The van der Waals surface area contributed by atoms with Crippen molar-refractivity contribution in [1.82, 2.24) is 0 Å². The first-order valence-electron chi connectivity index (χ1n) is 5.91. The van der Waals surface area contributed by atoms with Gasteiger partial charge in [0.05, 0.1) is 0 Å². The van der Waals surface area contributed by atoms with E-state index in [9.17, 15) is 4.39 Å². The summed E-state index contributed by atoms with van der Waals surface area (Å²) in [6.07, 6.45) is 0.708. The molecule has 0 unspecified atom stereocenters. The monoisotopic (exact) mass is 261 g/mol. The Kier molecular flexibility index (Phi) is 4.39. The highest BCUT2D eigenvalue weighted by molar-refractivity contribution is 7.99. The van der Waals surface area contributed by atoms with Crippen LogP contribution in [0.4, 0.5) is 4.39 Å². The van der Waals surface area contributed by atoms with Crippen molar-refractivity contribution < 1.29 is 4.39 Å². The van der Waals surface area contributed by atoms with Crippen LogP contribution < -0.4 is 5.73 Å². The van der Waals surface area contributed by atoms with E-state index in [4.69, 9.17) is 5.73 Å². The second kappa shape index (κ2) is 6.03. The summed E-state index contributed by atoms with van der Waals surface area (Å²) in [7, 11) is 0. The minimum absolute atomic E-state index is 0.199. The molecule has 0 atom stereocenters. The van der Waals surface area contributed by atoms with Crippen molar-refractivity contribution in [3.8, 4) is 0 Å². The van der Waals surface area contributed by atoms with Crippen molar-refractivity contribution in [2.75, 3.05) is 6.54 Å². The first-order chi connectivity index (χ1) is 8.67. The first kappa shape index (κ1) is 13.1. The maximum absolute atomic E-state index is 13.5. The second-order valence-corrected chi connectivity index (χ2v) is 5.40. The smallest absolute Gasteiger partial charge is 0.124 e. The third kappa shape index (κ3) is 3.59. The van der Waals surface area contributed by atoms with Crippen LogP contribution >= 0.6 is 11.8 Å². The van der Waals surface area contributed by atoms with Crippen LogP contribution in [-0.2, 0) is 6.42 Å². The van der Waals surface area contributed by atoms with Crippen LogP contribution in [-0.4, -0.2) is 6.54 Å². The molecule has 0 spiro atoms. The predicted octanol–water partition coefficient (Wildman–Crippen LogP) is 3.79. The van der Waals surface area contributed by atoms with Gasteiger partial charge in [-0.2, -0.15) is 0 Å². The molecule has 1 nitrogen and oxygen atoms in total. The molecule has 0 bridgehead atoms. The summed E-state index contributed by atoms with van der Waals surface area (Å²) in [5, 5.41) is 0. The summed E-state index contributed by atoms with van der Waals surface area (Å²) in [5.41, 5.74) is 7.68. The molecule has 2 N–H and O–H groups in total. The predicted molar refractivity (Wildman–Crippen MR) is 74.5 cm³/mol. The number of hydrogen-bond donors (Lipinski definition) is 1. The average molecular weight is 261 g/mol. The lowest BCUT2D eigenvalue weighted by atomic mass is 10.1. The average Bonchev–Trinajstić information content (AvgIpc) is 2.32. The summed E-state index contributed by atoms with van der Waals surface area (Å²) in [4.78, 5) is 2.03. The molecule has 3 heteroatoms. The van der Waals surface area contributed by atoms with Crippen molar-refractivity contribution >= 4 is 11.8 Å².